The molecule has 1 aromatic heterocycles. The minimum Gasteiger partial charge on any atom is -0.347 e. The van der Waals surface area contributed by atoms with Crippen molar-refractivity contribution in [1.29, 1.82) is 0 Å². The lowest BCUT2D eigenvalue weighted by atomic mass is 10.2. The average Bonchev–Trinajstić information content (AvgIpc) is 2.84. The first kappa shape index (κ1) is 14.6. The Bertz CT molecular complexity index is 857. The molecule has 3 aromatic rings. The Morgan fingerprint density at radius 1 is 1.23 bits per heavy atom. The van der Waals surface area contributed by atoms with Crippen LogP contribution in [0.5, 0.6) is 0 Å². The van der Waals surface area contributed by atoms with Gasteiger partial charge in [0.25, 0.3) is 5.91 Å². The number of hydrogen-bond donors (Lipinski definition) is 1. The number of nitrogens with one attached hydrogen (secondary N) is 1. The van der Waals surface area contributed by atoms with Crippen LogP contribution in [-0.2, 0) is 13.6 Å². The molecule has 0 saturated heterocycles. The topological polar surface area (TPSA) is 34.0 Å². The van der Waals surface area contributed by atoms with Crippen LogP contribution < -0.4 is 5.32 Å². The second-order valence-electron chi connectivity index (χ2n) is 5.07. The van der Waals surface area contributed by atoms with E-state index < -0.39 is 0 Å². The molecule has 0 unspecified atom stereocenters. The van der Waals surface area contributed by atoms with Gasteiger partial charge in [0.2, 0.25) is 0 Å². The molecule has 1 amide bonds. The van der Waals surface area contributed by atoms with Gasteiger partial charge in [0.15, 0.2) is 0 Å². The smallest absolute Gasteiger partial charge is 0.268 e. The molecule has 3 rings (SSSR count). The van der Waals surface area contributed by atoms with Gasteiger partial charge < -0.3 is 9.88 Å². The highest BCUT2D eigenvalue weighted by Gasteiger charge is 2.15. The van der Waals surface area contributed by atoms with Crippen LogP contribution in [0.2, 0.25) is 5.02 Å². The van der Waals surface area contributed by atoms with Crippen molar-refractivity contribution in [3.05, 3.63) is 70.6 Å². The number of amides is 1. The number of aryl methyl sites for hydroxylation is 1. The lowest BCUT2D eigenvalue weighted by Crippen LogP contribution is -2.24. The lowest BCUT2D eigenvalue weighted by Gasteiger charge is -2.07. The maximum Gasteiger partial charge on any atom is 0.268 e. The Hall–Kier alpha value is -2.33. The number of fused-ring (bicyclic) bond motifs is 1. The maximum atomic E-state index is 13.8. The number of carbonyl (C=O) groups excluding carboxylic acids is 1. The predicted molar refractivity (Wildman–Crippen MR) is 85.5 cm³/mol. The Balaban J connectivity index is 1.83. The van der Waals surface area contributed by atoms with Gasteiger partial charge in [0.05, 0.1) is 5.52 Å². The molecule has 0 saturated carbocycles. The second kappa shape index (κ2) is 5.81. The van der Waals surface area contributed by atoms with Gasteiger partial charge >= 0.3 is 0 Å². The molecule has 2 aromatic carbocycles. The van der Waals surface area contributed by atoms with E-state index >= 15 is 0 Å². The molecule has 0 aliphatic rings. The molecule has 0 bridgehead atoms. The van der Waals surface area contributed by atoms with Crippen LogP contribution in [0.3, 0.4) is 0 Å². The molecule has 112 valence electrons. The zero-order valence-electron chi connectivity index (χ0n) is 11.9. The molecule has 0 aliphatic carbocycles. The molecule has 1 N–H and O–H groups in total. The zero-order chi connectivity index (χ0) is 15.7. The number of rotatable bonds is 3. The molecule has 0 fully saturated rings. The molecular formula is C17H14ClFN2O. The summed E-state index contributed by atoms with van der Waals surface area (Å²) < 4.78 is 15.5. The van der Waals surface area contributed by atoms with Gasteiger partial charge in [-0.15, -0.1) is 0 Å². The van der Waals surface area contributed by atoms with Gasteiger partial charge in [-0.3, -0.25) is 4.79 Å². The zero-order valence-corrected chi connectivity index (χ0v) is 12.7. The van der Waals surface area contributed by atoms with E-state index in [-0.39, 0.29) is 11.7 Å². The summed E-state index contributed by atoms with van der Waals surface area (Å²) in [6.45, 7) is 0.364. The van der Waals surface area contributed by atoms with Gasteiger partial charge in [0, 0.05) is 24.0 Å². The van der Waals surface area contributed by atoms with Crippen molar-refractivity contribution in [1.82, 2.24) is 9.88 Å². The number of aromatic nitrogens is 1. The highest BCUT2D eigenvalue weighted by molar-refractivity contribution is 6.30. The fraction of sp³-hybridized carbons (Fsp3) is 0.118. The van der Waals surface area contributed by atoms with Crippen LogP contribution in [0.4, 0.5) is 4.39 Å². The highest BCUT2D eigenvalue weighted by atomic mass is 35.5. The second-order valence-corrected chi connectivity index (χ2v) is 5.51. The molecule has 22 heavy (non-hydrogen) atoms. The highest BCUT2D eigenvalue weighted by Crippen LogP contribution is 2.21. The van der Waals surface area contributed by atoms with Crippen molar-refractivity contribution in [2.45, 2.75) is 6.54 Å². The van der Waals surface area contributed by atoms with E-state index in [9.17, 15) is 9.18 Å². The number of benzene rings is 2. The van der Waals surface area contributed by atoms with Crippen molar-refractivity contribution in [2.75, 3.05) is 0 Å². The Kier molecular flexibility index (Phi) is 3.86. The minimum absolute atomic E-state index is 0.252. The lowest BCUT2D eigenvalue weighted by molar-refractivity contribution is 0.0943. The van der Waals surface area contributed by atoms with Crippen molar-refractivity contribution in [3.8, 4) is 0 Å². The van der Waals surface area contributed by atoms with Crippen LogP contribution in [-0.4, -0.2) is 10.5 Å². The third kappa shape index (κ3) is 2.70. The molecule has 0 radical (unpaired) electrons. The summed E-state index contributed by atoms with van der Waals surface area (Å²) in [5, 5.41) is 3.89. The molecule has 0 spiro atoms. The number of halogens is 2. The van der Waals surface area contributed by atoms with Gasteiger partial charge in [0.1, 0.15) is 11.5 Å². The third-order valence-corrected chi connectivity index (χ3v) is 3.84. The summed E-state index contributed by atoms with van der Waals surface area (Å²) >= 11 is 5.91. The Labute approximate surface area is 132 Å². The minimum atomic E-state index is -0.331. The summed E-state index contributed by atoms with van der Waals surface area (Å²) in [5.41, 5.74) is 2.01. The number of carbonyl (C=O) groups is 1. The average molecular weight is 317 g/mol. The Morgan fingerprint density at radius 2 is 2.00 bits per heavy atom. The Morgan fingerprint density at radius 3 is 2.73 bits per heavy atom. The van der Waals surface area contributed by atoms with Crippen LogP contribution in [0.25, 0.3) is 10.9 Å². The SMILES string of the molecule is Cn1c(C(=O)NCc2cccc(Cl)c2)cc2c(F)cccc21. The molecule has 5 heteroatoms. The summed E-state index contributed by atoms with van der Waals surface area (Å²) in [5.74, 6) is -0.583. The van der Waals surface area contributed by atoms with Crippen LogP contribution in [0.15, 0.2) is 48.5 Å². The van der Waals surface area contributed by atoms with Gasteiger partial charge in [-0.25, -0.2) is 4.39 Å². The van der Waals surface area contributed by atoms with E-state index in [2.05, 4.69) is 5.32 Å². The van der Waals surface area contributed by atoms with Crippen LogP contribution in [0.1, 0.15) is 16.1 Å². The van der Waals surface area contributed by atoms with E-state index in [1.165, 1.54) is 6.07 Å². The van der Waals surface area contributed by atoms with Crippen molar-refractivity contribution in [3.63, 3.8) is 0 Å². The first-order valence-corrected chi connectivity index (χ1v) is 7.20. The van der Waals surface area contributed by atoms with Crippen LogP contribution in [0, 0.1) is 5.82 Å². The summed E-state index contributed by atoms with van der Waals surface area (Å²) in [7, 11) is 1.75. The quantitative estimate of drug-likeness (QED) is 0.781. The van der Waals surface area contributed by atoms with E-state index in [1.807, 2.05) is 12.1 Å². The molecule has 0 atom stereocenters. The van der Waals surface area contributed by atoms with Gasteiger partial charge in [-0.05, 0) is 35.9 Å². The van der Waals surface area contributed by atoms with E-state index in [4.69, 9.17) is 11.6 Å². The summed E-state index contributed by atoms with van der Waals surface area (Å²) in [6.07, 6.45) is 0. The van der Waals surface area contributed by atoms with E-state index in [0.29, 0.717) is 28.2 Å². The summed E-state index contributed by atoms with van der Waals surface area (Å²) in [6, 6.07) is 13.7. The van der Waals surface area contributed by atoms with Crippen molar-refractivity contribution < 1.29 is 9.18 Å². The molecule has 0 aliphatic heterocycles. The number of hydrogen-bond acceptors (Lipinski definition) is 1. The maximum absolute atomic E-state index is 13.8. The van der Waals surface area contributed by atoms with Crippen LogP contribution >= 0.6 is 11.6 Å². The van der Waals surface area contributed by atoms with Crippen molar-refractivity contribution >= 4 is 28.4 Å². The van der Waals surface area contributed by atoms with Gasteiger partial charge in [-0.2, -0.15) is 0 Å². The van der Waals surface area contributed by atoms with E-state index in [1.54, 1.807) is 41.9 Å². The third-order valence-electron chi connectivity index (χ3n) is 3.61. The first-order valence-electron chi connectivity index (χ1n) is 6.83. The fourth-order valence-electron chi connectivity index (χ4n) is 2.46. The largest absolute Gasteiger partial charge is 0.347 e. The monoisotopic (exact) mass is 316 g/mol. The van der Waals surface area contributed by atoms with E-state index in [0.717, 1.165) is 5.56 Å². The molecule has 3 nitrogen and oxygen atoms in total. The van der Waals surface area contributed by atoms with Gasteiger partial charge in [-0.1, -0.05) is 29.8 Å². The first-order chi connectivity index (χ1) is 10.6. The standard InChI is InChI=1S/C17H14ClFN2O/c1-21-15-7-3-6-14(19)13(15)9-16(21)17(22)20-10-11-4-2-5-12(18)8-11/h2-9H,10H2,1H3,(H,20,22). The fourth-order valence-corrected chi connectivity index (χ4v) is 2.67. The molecule has 1 heterocycles. The number of nitrogens with zero attached hydrogens (tertiary/aromatic N) is 1. The van der Waals surface area contributed by atoms with Crippen molar-refractivity contribution in [2.24, 2.45) is 7.05 Å². The normalized spacial score (nSPS) is 10.9. The predicted octanol–water partition coefficient (Wildman–Crippen LogP) is 3.90. The molecular weight excluding hydrogens is 303 g/mol. The summed E-state index contributed by atoms with van der Waals surface area (Å²) in [4.78, 5) is 12.3.